The third kappa shape index (κ3) is 3.74. The first-order valence-electron chi connectivity index (χ1n) is 7.84. The van der Waals surface area contributed by atoms with Crippen molar-refractivity contribution in [3.8, 4) is 5.75 Å². The largest absolute Gasteiger partial charge is 0.496 e. The van der Waals surface area contributed by atoms with Crippen LogP contribution < -0.4 is 10.1 Å². The molecule has 0 bridgehead atoms. The average molecular weight is 276 g/mol. The van der Waals surface area contributed by atoms with E-state index in [0.717, 1.165) is 18.2 Å². The van der Waals surface area contributed by atoms with Crippen LogP contribution in [0.3, 0.4) is 0 Å². The molecule has 2 rings (SSSR count). The lowest BCUT2D eigenvalue weighted by Crippen LogP contribution is -2.37. The van der Waals surface area contributed by atoms with E-state index < -0.39 is 0 Å². The first kappa shape index (κ1) is 15.3. The molecular weight excluding hydrogens is 248 g/mol. The Morgan fingerprint density at radius 2 is 2.00 bits per heavy atom. The quantitative estimate of drug-likeness (QED) is 0.864. The lowest BCUT2D eigenvalue weighted by Gasteiger charge is -2.34. The molecule has 112 valence electrons. The topological polar surface area (TPSA) is 24.5 Å². The highest BCUT2D eigenvalue weighted by Crippen LogP contribution is 2.30. The van der Waals surface area contributed by atoms with E-state index in [9.17, 15) is 0 Å². The lowest BCUT2D eigenvalue weighted by atomic mass is 9.96. The summed E-state index contributed by atoms with van der Waals surface area (Å²) < 4.78 is 5.51. The van der Waals surface area contributed by atoms with Crippen molar-refractivity contribution in [3.63, 3.8) is 0 Å². The third-order valence-corrected chi connectivity index (χ3v) is 4.49. The number of nitrogens with one attached hydrogen (secondary N) is 1. The van der Waals surface area contributed by atoms with Crippen LogP contribution in [0.15, 0.2) is 24.3 Å². The minimum Gasteiger partial charge on any atom is -0.496 e. The zero-order valence-electron chi connectivity index (χ0n) is 13.1. The molecule has 1 atom stereocenters. The van der Waals surface area contributed by atoms with Crippen molar-refractivity contribution in [2.24, 2.45) is 5.92 Å². The first-order chi connectivity index (χ1) is 9.76. The summed E-state index contributed by atoms with van der Waals surface area (Å²) >= 11 is 0. The van der Waals surface area contributed by atoms with Crippen LogP contribution in [0.1, 0.15) is 38.3 Å². The van der Waals surface area contributed by atoms with Crippen molar-refractivity contribution in [1.82, 2.24) is 10.2 Å². The molecule has 0 spiro atoms. The number of hydrogen-bond donors (Lipinski definition) is 1. The number of para-hydroxylation sites is 1. The molecule has 3 nitrogen and oxygen atoms in total. The number of nitrogens with zero attached hydrogens (tertiary/aromatic N) is 1. The molecule has 3 heteroatoms. The fourth-order valence-corrected chi connectivity index (χ4v) is 3.17. The maximum atomic E-state index is 5.51. The van der Waals surface area contributed by atoms with Crippen molar-refractivity contribution >= 4 is 0 Å². The van der Waals surface area contributed by atoms with Gasteiger partial charge < -0.3 is 10.1 Å². The Kier molecular flexibility index (Phi) is 5.86. The van der Waals surface area contributed by atoms with Gasteiger partial charge in [0.15, 0.2) is 0 Å². The minimum atomic E-state index is 0.408. The molecule has 1 aromatic carbocycles. The maximum absolute atomic E-state index is 5.51. The van der Waals surface area contributed by atoms with Crippen LogP contribution in [-0.4, -0.2) is 38.2 Å². The van der Waals surface area contributed by atoms with Gasteiger partial charge in [0.1, 0.15) is 5.75 Å². The molecule has 20 heavy (non-hydrogen) atoms. The molecule has 1 aliphatic heterocycles. The van der Waals surface area contributed by atoms with Gasteiger partial charge in [-0.1, -0.05) is 25.1 Å². The van der Waals surface area contributed by atoms with Gasteiger partial charge in [-0.05, 0) is 51.4 Å². The van der Waals surface area contributed by atoms with Gasteiger partial charge in [0.2, 0.25) is 0 Å². The normalized spacial score (nSPS) is 18.2. The second-order valence-corrected chi connectivity index (χ2v) is 5.70. The number of rotatable bonds is 6. The van der Waals surface area contributed by atoms with Gasteiger partial charge in [0.25, 0.3) is 0 Å². The summed E-state index contributed by atoms with van der Waals surface area (Å²) in [5.74, 6) is 1.83. The highest BCUT2D eigenvalue weighted by molar-refractivity contribution is 5.35. The van der Waals surface area contributed by atoms with Gasteiger partial charge in [-0.2, -0.15) is 0 Å². The fraction of sp³-hybridized carbons (Fsp3) is 0.647. The monoisotopic (exact) mass is 276 g/mol. The van der Waals surface area contributed by atoms with Gasteiger partial charge >= 0.3 is 0 Å². The number of hydrogen-bond acceptors (Lipinski definition) is 3. The highest BCUT2D eigenvalue weighted by Gasteiger charge is 2.22. The van der Waals surface area contributed by atoms with Crippen molar-refractivity contribution in [2.45, 2.75) is 32.7 Å². The van der Waals surface area contributed by atoms with Crippen molar-refractivity contribution in [1.29, 1.82) is 0 Å². The number of benzene rings is 1. The Morgan fingerprint density at radius 3 is 2.65 bits per heavy atom. The SMILES string of the molecule is CCN(CC1CCNCC1)C(C)c1ccccc1OC. The van der Waals surface area contributed by atoms with E-state index in [4.69, 9.17) is 4.74 Å². The van der Waals surface area contributed by atoms with E-state index in [1.807, 2.05) is 6.07 Å². The minimum absolute atomic E-state index is 0.408. The summed E-state index contributed by atoms with van der Waals surface area (Å²) in [5.41, 5.74) is 1.30. The van der Waals surface area contributed by atoms with E-state index in [1.54, 1.807) is 7.11 Å². The second-order valence-electron chi connectivity index (χ2n) is 5.70. The Bertz CT molecular complexity index is 402. The molecule has 1 aliphatic rings. The molecule has 0 saturated carbocycles. The first-order valence-corrected chi connectivity index (χ1v) is 7.84. The molecule has 1 fully saturated rings. The molecule has 0 aromatic heterocycles. The molecule has 0 amide bonds. The number of piperidine rings is 1. The zero-order chi connectivity index (χ0) is 14.4. The van der Waals surface area contributed by atoms with E-state index in [-0.39, 0.29) is 0 Å². The van der Waals surface area contributed by atoms with Crippen LogP contribution in [0.2, 0.25) is 0 Å². The Balaban J connectivity index is 2.05. The summed E-state index contributed by atoms with van der Waals surface area (Å²) in [6, 6.07) is 8.80. The highest BCUT2D eigenvalue weighted by atomic mass is 16.5. The predicted molar refractivity (Wildman–Crippen MR) is 84.2 cm³/mol. The van der Waals surface area contributed by atoms with E-state index in [0.29, 0.717) is 6.04 Å². The maximum Gasteiger partial charge on any atom is 0.123 e. The molecule has 1 unspecified atom stereocenters. The molecule has 0 aliphatic carbocycles. The zero-order valence-corrected chi connectivity index (χ0v) is 13.1. The van der Waals surface area contributed by atoms with Crippen LogP contribution in [0.4, 0.5) is 0 Å². The Labute approximate surface area is 123 Å². The van der Waals surface area contributed by atoms with E-state index in [1.165, 1.54) is 38.0 Å². The summed E-state index contributed by atoms with van der Waals surface area (Å²) in [6.45, 7) is 9.17. The van der Waals surface area contributed by atoms with Crippen LogP contribution in [-0.2, 0) is 0 Å². The second kappa shape index (κ2) is 7.65. The van der Waals surface area contributed by atoms with Crippen LogP contribution >= 0.6 is 0 Å². The van der Waals surface area contributed by atoms with Crippen LogP contribution in [0.25, 0.3) is 0 Å². The number of methoxy groups -OCH3 is 1. The molecular formula is C17H28N2O. The molecule has 1 N–H and O–H groups in total. The van der Waals surface area contributed by atoms with E-state index >= 15 is 0 Å². The van der Waals surface area contributed by atoms with Gasteiger partial charge in [-0.25, -0.2) is 0 Å². The number of ether oxygens (including phenoxy) is 1. The van der Waals surface area contributed by atoms with Gasteiger partial charge in [0.05, 0.1) is 7.11 Å². The Hall–Kier alpha value is -1.06. The predicted octanol–water partition coefficient (Wildman–Crippen LogP) is 3.08. The average Bonchev–Trinajstić information content (AvgIpc) is 2.53. The van der Waals surface area contributed by atoms with Gasteiger partial charge in [-0.3, -0.25) is 4.90 Å². The lowest BCUT2D eigenvalue weighted by molar-refractivity contribution is 0.166. The summed E-state index contributed by atoms with van der Waals surface area (Å²) in [5, 5.41) is 3.45. The van der Waals surface area contributed by atoms with Crippen LogP contribution in [0, 0.1) is 5.92 Å². The van der Waals surface area contributed by atoms with Gasteiger partial charge in [0, 0.05) is 18.2 Å². The molecule has 1 heterocycles. The summed E-state index contributed by atoms with van der Waals surface area (Å²) in [7, 11) is 1.76. The molecule has 1 aromatic rings. The third-order valence-electron chi connectivity index (χ3n) is 4.49. The molecule has 0 radical (unpaired) electrons. The molecule has 1 saturated heterocycles. The van der Waals surface area contributed by atoms with E-state index in [2.05, 4.69) is 42.3 Å². The Morgan fingerprint density at radius 1 is 1.30 bits per heavy atom. The fourth-order valence-electron chi connectivity index (χ4n) is 3.17. The standard InChI is InChI=1S/C17H28N2O/c1-4-19(13-15-9-11-18-12-10-15)14(2)16-7-5-6-8-17(16)20-3/h5-8,14-15,18H,4,9-13H2,1-3H3. The van der Waals surface area contributed by atoms with Crippen molar-refractivity contribution < 1.29 is 4.74 Å². The summed E-state index contributed by atoms with van der Waals surface area (Å²) in [6.07, 6.45) is 2.60. The van der Waals surface area contributed by atoms with Gasteiger partial charge in [-0.15, -0.1) is 0 Å². The van der Waals surface area contributed by atoms with Crippen molar-refractivity contribution in [3.05, 3.63) is 29.8 Å². The smallest absolute Gasteiger partial charge is 0.123 e. The van der Waals surface area contributed by atoms with Crippen molar-refractivity contribution in [2.75, 3.05) is 33.3 Å². The van der Waals surface area contributed by atoms with Crippen LogP contribution in [0.5, 0.6) is 5.75 Å². The summed E-state index contributed by atoms with van der Waals surface area (Å²) in [4.78, 5) is 2.58.